The Balaban J connectivity index is 1.58. The van der Waals surface area contributed by atoms with Gasteiger partial charge in [0.1, 0.15) is 0 Å². The molecule has 2 saturated heterocycles. The van der Waals surface area contributed by atoms with Crippen molar-refractivity contribution >= 4 is 11.6 Å². The first-order valence-corrected chi connectivity index (χ1v) is 7.18. The van der Waals surface area contributed by atoms with Crippen molar-refractivity contribution in [2.75, 3.05) is 31.6 Å². The van der Waals surface area contributed by atoms with Gasteiger partial charge >= 0.3 is 0 Å². The number of ether oxygens (including phenoxy) is 2. The molecule has 1 amide bonds. The van der Waals surface area contributed by atoms with Gasteiger partial charge < -0.3 is 20.1 Å². The van der Waals surface area contributed by atoms with E-state index in [0.717, 1.165) is 37.2 Å². The number of hydrogen-bond donors (Lipinski definition) is 2. The molecule has 0 spiro atoms. The third-order valence-corrected chi connectivity index (χ3v) is 3.78. The highest BCUT2D eigenvalue weighted by Gasteiger charge is 2.21. The predicted molar refractivity (Wildman–Crippen MR) is 75.3 cm³/mol. The Morgan fingerprint density at radius 2 is 1.75 bits per heavy atom. The highest BCUT2D eigenvalue weighted by atomic mass is 16.7. The molecule has 0 radical (unpaired) electrons. The zero-order valence-electron chi connectivity index (χ0n) is 11.4. The molecule has 5 heteroatoms. The SMILES string of the molecule is O=C(Nc1ccc(C2OCCO2)cc1)C1CCNCC1. The molecule has 2 N–H and O–H groups in total. The molecule has 108 valence electrons. The quantitative estimate of drug-likeness (QED) is 0.881. The Morgan fingerprint density at radius 1 is 1.10 bits per heavy atom. The minimum Gasteiger partial charge on any atom is -0.346 e. The summed E-state index contributed by atoms with van der Waals surface area (Å²) in [5.41, 5.74) is 1.82. The van der Waals surface area contributed by atoms with E-state index in [-0.39, 0.29) is 18.1 Å². The van der Waals surface area contributed by atoms with Gasteiger partial charge in [0.25, 0.3) is 0 Å². The number of benzene rings is 1. The Hall–Kier alpha value is -1.43. The minimum absolute atomic E-state index is 0.118. The average Bonchev–Trinajstić information content (AvgIpc) is 3.03. The van der Waals surface area contributed by atoms with E-state index in [2.05, 4.69) is 10.6 Å². The van der Waals surface area contributed by atoms with Crippen molar-refractivity contribution in [1.29, 1.82) is 0 Å². The van der Waals surface area contributed by atoms with Crippen LogP contribution < -0.4 is 10.6 Å². The summed E-state index contributed by atoms with van der Waals surface area (Å²) in [6.45, 7) is 3.12. The third kappa shape index (κ3) is 3.17. The van der Waals surface area contributed by atoms with Gasteiger partial charge in [-0.2, -0.15) is 0 Å². The first-order valence-electron chi connectivity index (χ1n) is 7.18. The van der Waals surface area contributed by atoms with Gasteiger partial charge in [-0.3, -0.25) is 4.79 Å². The molecule has 0 atom stereocenters. The van der Waals surface area contributed by atoms with Crippen molar-refractivity contribution in [2.24, 2.45) is 5.92 Å². The molecule has 0 bridgehead atoms. The molecule has 20 heavy (non-hydrogen) atoms. The van der Waals surface area contributed by atoms with Gasteiger partial charge in [0.05, 0.1) is 13.2 Å². The molecule has 0 aromatic heterocycles. The number of hydrogen-bond acceptors (Lipinski definition) is 4. The van der Waals surface area contributed by atoms with Gasteiger partial charge in [-0.1, -0.05) is 12.1 Å². The van der Waals surface area contributed by atoms with Crippen LogP contribution in [0.4, 0.5) is 5.69 Å². The largest absolute Gasteiger partial charge is 0.346 e. The van der Waals surface area contributed by atoms with Crippen LogP contribution in [0.15, 0.2) is 24.3 Å². The van der Waals surface area contributed by atoms with Crippen LogP contribution in [0.2, 0.25) is 0 Å². The average molecular weight is 276 g/mol. The van der Waals surface area contributed by atoms with E-state index in [9.17, 15) is 4.79 Å². The maximum atomic E-state index is 12.1. The van der Waals surface area contributed by atoms with Crippen LogP contribution in [0.1, 0.15) is 24.7 Å². The molecule has 0 saturated carbocycles. The predicted octanol–water partition coefficient (Wildman–Crippen LogP) is 1.67. The number of nitrogens with one attached hydrogen (secondary N) is 2. The van der Waals surface area contributed by atoms with Crippen LogP contribution >= 0.6 is 0 Å². The highest BCUT2D eigenvalue weighted by molar-refractivity contribution is 5.92. The second kappa shape index (κ2) is 6.35. The van der Waals surface area contributed by atoms with Crippen LogP contribution in [0.5, 0.6) is 0 Å². The summed E-state index contributed by atoms with van der Waals surface area (Å²) in [4.78, 5) is 12.1. The monoisotopic (exact) mass is 276 g/mol. The van der Waals surface area contributed by atoms with Crippen molar-refractivity contribution in [1.82, 2.24) is 5.32 Å². The van der Waals surface area contributed by atoms with E-state index in [0.29, 0.717) is 13.2 Å². The fourth-order valence-corrected chi connectivity index (χ4v) is 2.60. The Labute approximate surface area is 118 Å². The fraction of sp³-hybridized carbons (Fsp3) is 0.533. The highest BCUT2D eigenvalue weighted by Crippen LogP contribution is 2.24. The van der Waals surface area contributed by atoms with E-state index in [4.69, 9.17) is 9.47 Å². The number of carbonyl (C=O) groups excluding carboxylic acids is 1. The first kappa shape index (κ1) is 13.5. The molecular formula is C15H20N2O3. The number of amides is 1. The first-order chi connectivity index (χ1) is 9.83. The van der Waals surface area contributed by atoms with Crippen molar-refractivity contribution in [3.63, 3.8) is 0 Å². The lowest BCUT2D eigenvalue weighted by Crippen LogP contribution is -2.34. The molecule has 2 aliphatic heterocycles. The van der Waals surface area contributed by atoms with Crippen LogP contribution in [-0.4, -0.2) is 32.2 Å². The smallest absolute Gasteiger partial charge is 0.227 e. The summed E-state index contributed by atoms with van der Waals surface area (Å²) in [7, 11) is 0. The Morgan fingerprint density at radius 3 is 2.40 bits per heavy atom. The minimum atomic E-state index is -0.260. The zero-order valence-corrected chi connectivity index (χ0v) is 11.4. The van der Waals surface area contributed by atoms with E-state index >= 15 is 0 Å². The number of anilines is 1. The molecule has 3 rings (SSSR count). The molecule has 1 aromatic carbocycles. The molecule has 5 nitrogen and oxygen atoms in total. The fourth-order valence-electron chi connectivity index (χ4n) is 2.60. The Kier molecular flexibility index (Phi) is 4.30. The van der Waals surface area contributed by atoms with E-state index in [1.54, 1.807) is 0 Å². The molecule has 2 fully saturated rings. The molecule has 1 aromatic rings. The van der Waals surface area contributed by atoms with Gasteiger partial charge in [0, 0.05) is 17.2 Å². The molecule has 2 aliphatic rings. The van der Waals surface area contributed by atoms with Crippen LogP contribution in [0.25, 0.3) is 0 Å². The molecular weight excluding hydrogens is 256 g/mol. The second-order valence-electron chi connectivity index (χ2n) is 5.21. The van der Waals surface area contributed by atoms with Crippen molar-refractivity contribution in [3.05, 3.63) is 29.8 Å². The van der Waals surface area contributed by atoms with Crippen molar-refractivity contribution < 1.29 is 14.3 Å². The molecule has 0 unspecified atom stereocenters. The number of piperidine rings is 1. The molecule has 2 heterocycles. The maximum absolute atomic E-state index is 12.1. The summed E-state index contributed by atoms with van der Waals surface area (Å²) < 4.78 is 10.9. The molecule has 0 aliphatic carbocycles. The number of rotatable bonds is 3. The van der Waals surface area contributed by atoms with Crippen LogP contribution in [0, 0.1) is 5.92 Å². The van der Waals surface area contributed by atoms with E-state index in [1.807, 2.05) is 24.3 Å². The lowest BCUT2D eigenvalue weighted by atomic mass is 9.97. The van der Waals surface area contributed by atoms with Gasteiger partial charge in [-0.25, -0.2) is 0 Å². The normalized spacial score (nSPS) is 21.0. The van der Waals surface area contributed by atoms with Gasteiger partial charge in [-0.15, -0.1) is 0 Å². The lowest BCUT2D eigenvalue weighted by Gasteiger charge is -2.21. The Bertz CT molecular complexity index is 449. The van der Waals surface area contributed by atoms with E-state index < -0.39 is 0 Å². The van der Waals surface area contributed by atoms with Gasteiger partial charge in [-0.05, 0) is 38.1 Å². The van der Waals surface area contributed by atoms with Crippen LogP contribution in [0.3, 0.4) is 0 Å². The van der Waals surface area contributed by atoms with Crippen molar-refractivity contribution in [3.8, 4) is 0 Å². The van der Waals surface area contributed by atoms with Crippen molar-refractivity contribution in [2.45, 2.75) is 19.1 Å². The third-order valence-electron chi connectivity index (χ3n) is 3.78. The van der Waals surface area contributed by atoms with Crippen LogP contribution in [-0.2, 0) is 14.3 Å². The lowest BCUT2D eigenvalue weighted by molar-refractivity contribution is -0.120. The maximum Gasteiger partial charge on any atom is 0.227 e. The summed E-state index contributed by atoms with van der Waals surface area (Å²) in [6, 6.07) is 7.68. The standard InChI is InChI=1S/C15H20N2O3/c18-14(11-5-7-16-8-6-11)17-13-3-1-12(2-4-13)15-19-9-10-20-15/h1-4,11,15-16H,5-10H2,(H,17,18). The summed E-state index contributed by atoms with van der Waals surface area (Å²) in [5.74, 6) is 0.241. The van der Waals surface area contributed by atoms with Gasteiger partial charge in [0.15, 0.2) is 6.29 Å². The number of carbonyl (C=O) groups is 1. The summed E-state index contributed by atoms with van der Waals surface area (Å²) in [6.07, 6.45) is 1.56. The van der Waals surface area contributed by atoms with Gasteiger partial charge in [0.2, 0.25) is 5.91 Å². The topological polar surface area (TPSA) is 59.6 Å². The second-order valence-corrected chi connectivity index (χ2v) is 5.21. The summed E-state index contributed by atoms with van der Waals surface area (Å²) >= 11 is 0. The summed E-state index contributed by atoms with van der Waals surface area (Å²) in [5, 5.41) is 6.25. The van der Waals surface area contributed by atoms with E-state index in [1.165, 1.54) is 0 Å². The zero-order chi connectivity index (χ0) is 13.8.